The average Bonchev–Trinajstić information content (AvgIpc) is 2.80. The Morgan fingerprint density at radius 3 is 2.53 bits per heavy atom. The lowest BCUT2D eigenvalue weighted by Crippen LogP contribution is -2.19. The Labute approximate surface area is 105 Å². The van der Waals surface area contributed by atoms with Gasteiger partial charge < -0.3 is 10.3 Å². The molecule has 0 radical (unpaired) electrons. The van der Waals surface area contributed by atoms with E-state index in [-0.39, 0.29) is 5.41 Å². The molecule has 0 aliphatic rings. The fourth-order valence-electron chi connectivity index (χ4n) is 1.30. The Balaban J connectivity index is 2.33. The summed E-state index contributed by atoms with van der Waals surface area (Å²) in [7, 11) is 0. The number of nitrogens with two attached hydrogens (primary N) is 1. The summed E-state index contributed by atoms with van der Waals surface area (Å²) in [6.45, 7) is 3.92. The van der Waals surface area contributed by atoms with Crippen LogP contribution in [0.4, 0.5) is 5.69 Å². The van der Waals surface area contributed by atoms with Gasteiger partial charge >= 0.3 is 0 Å². The Kier molecular flexibility index (Phi) is 3.07. The molecule has 0 aliphatic carbocycles. The van der Waals surface area contributed by atoms with E-state index in [0.29, 0.717) is 23.3 Å². The summed E-state index contributed by atoms with van der Waals surface area (Å²) in [5, 5.41) is 3.94. The van der Waals surface area contributed by atoms with Crippen LogP contribution in [-0.4, -0.2) is 16.0 Å². The van der Waals surface area contributed by atoms with Crippen LogP contribution in [0, 0.1) is 0 Å². The molecule has 17 heavy (non-hydrogen) atoms. The third kappa shape index (κ3) is 2.42. The van der Waals surface area contributed by atoms with Crippen molar-refractivity contribution in [2.45, 2.75) is 19.3 Å². The molecule has 1 aromatic heterocycles. The molecule has 90 valence electrons. The van der Waals surface area contributed by atoms with Crippen LogP contribution >= 0.6 is 11.6 Å². The number of alkyl halides is 1. The zero-order chi connectivity index (χ0) is 12.5. The summed E-state index contributed by atoms with van der Waals surface area (Å²) in [5.74, 6) is 1.52. The van der Waals surface area contributed by atoms with Crippen molar-refractivity contribution >= 4 is 17.3 Å². The summed E-state index contributed by atoms with van der Waals surface area (Å²) in [5.41, 5.74) is 6.88. The van der Waals surface area contributed by atoms with Gasteiger partial charge in [-0.25, -0.2) is 0 Å². The van der Waals surface area contributed by atoms with E-state index < -0.39 is 0 Å². The van der Waals surface area contributed by atoms with E-state index in [1.807, 2.05) is 26.0 Å². The van der Waals surface area contributed by atoms with Crippen molar-refractivity contribution in [1.82, 2.24) is 10.1 Å². The van der Waals surface area contributed by atoms with E-state index in [1.165, 1.54) is 0 Å². The lowest BCUT2D eigenvalue weighted by Gasteiger charge is -2.14. The van der Waals surface area contributed by atoms with Gasteiger partial charge in [-0.1, -0.05) is 5.16 Å². The molecule has 0 fully saturated rings. The lowest BCUT2D eigenvalue weighted by atomic mass is 9.96. The summed E-state index contributed by atoms with van der Waals surface area (Å²) < 4.78 is 5.23. The van der Waals surface area contributed by atoms with Gasteiger partial charge in [0.05, 0.1) is 5.41 Å². The van der Waals surface area contributed by atoms with Crippen LogP contribution < -0.4 is 5.73 Å². The number of rotatable bonds is 3. The molecule has 2 N–H and O–H groups in total. The molecule has 0 amide bonds. The van der Waals surface area contributed by atoms with Gasteiger partial charge in [-0.05, 0) is 38.1 Å². The minimum Gasteiger partial charge on any atom is -0.399 e. The first kappa shape index (κ1) is 11.9. The Morgan fingerprint density at radius 2 is 1.94 bits per heavy atom. The number of nitrogens with zero attached hydrogens (tertiary/aromatic N) is 2. The third-order valence-electron chi connectivity index (χ3n) is 2.51. The third-order valence-corrected chi connectivity index (χ3v) is 3.18. The van der Waals surface area contributed by atoms with Crippen LogP contribution in [0.15, 0.2) is 28.8 Å². The van der Waals surface area contributed by atoms with Crippen molar-refractivity contribution in [3.8, 4) is 11.4 Å². The van der Waals surface area contributed by atoms with Crippen LogP contribution in [0.2, 0.25) is 0 Å². The molecular weight excluding hydrogens is 238 g/mol. The molecule has 0 aliphatic heterocycles. The maximum atomic E-state index is 5.86. The first-order valence-corrected chi connectivity index (χ1v) is 5.82. The predicted octanol–water partition coefficient (Wildman–Crippen LogP) is 2.84. The Morgan fingerprint density at radius 1 is 1.29 bits per heavy atom. The highest BCUT2D eigenvalue weighted by molar-refractivity contribution is 6.18. The molecular formula is C12H14ClN3O. The Bertz CT molecular complexity index is 505. The molecule has 1 aromatic carbocycles. The van der Waals surface area contributed by atoms with E-state index in [1.54, 1.807) is 12.1 Å². The van der Waals surface area contributed by atoms with E-state index in [0.717, 1.165) is 5.56 Å². The van der Waals surface area contributed by atoms with Crippen LogP contribution in [0.25, 0.3) is 11.4 Å². The van der Waals surface area contributed by atoms with Crippen molar-refractivity contribution in [2.24, 2.45) is 0 Å². The van der Waals surface area contributed by atoms with Gasteiger partial charge in [0.1, 0.15) is 0 Å². The van der Waals surface area contributed by atoms with Crippen LogP contribution in [0.1, 0.15) is 19.7 Å². The standard InChI is InChI=1S/C12H14ClN3O/c1-12(2,7-13)11-15-10(16-17-11)8-3-5-9(14)6-4-8/h3-6H,7,14H2,1-2H3. The maximum Gasteiger partial charge on any atom is 0.233 e. The molecule has 2 rings (SSSR count). The molecule has 2 aromatic rings. The second-order valence-corrected chi connectivity index (χ2v) is 4.83. The van der Waals surface area contributed by atoms with Gasteiger partial charge in [0.25, 0.3) is 0 Å². The SMILES string of the molecule is CC(C)(CCl)c1nc(-c2ccc(N)cc2)no1. The quantitative estimate of drug-likeness (QED) is 0.673. The molecule has 0 saturated heterocycles. The maximum absolute atomic E-state index is 5.86. The fourth-order valence-corrected chi connectivity index (χ4v) is 1.42. The second-order valence-electron chi connectivity index (χ2n) is 4.56. The molecule has 0 spiro atoms. The predicted molar refractivity (Wildman–Crippen MR) is 67.9 cm³/mol. The monoisotopic (exact) mass is 251 g/mol. The second kappa shape index (κ2) is 4.37. The zero-order valence-corrected chi connectivity index (χ0v) is 10.5. The molecule has 0 bridgehead atoms. The fraction of sp³-hybridized carbons (Fsp3) is 0.333. The largest absolute Gasteiger partial charge is 0.399 e. The highest BCUT2D eigenvalue weighted by Crippen LogP contribution is 2.25. The first-order valence-electron chi connectivity index (χ1n) is 5.29. The van der Waals surface area contributed by atoms with Crippen LogP contribution in [-0.2, 0) is 5.41 Å². The van der Waals surface area contributed by atoms with Crippen molar-refractivity contribution in [2.75, 3.05) is 11.6 Å². The van der Waals surface area contributed by atoms with Gasteiger partial charge in [-0.3, -0.25) is 0 Å². The first-order chi connectivity index (χ1) is 8.03. The van der Waals surface area contributed by atoms with E-state index in [9.17, 15) is 0 Å². The van der Waals surface area contributed by atoms with E-state index in [4.69, 9.17) is 21.9 Å². The van der Waals surface area contributed by atoms with Gasteiger partial charge in [0.15, 0.2) is 0 Å². The number of hydrogen-bond donors (Lipinski definition) is 1. The number of benzene rings is 1. The number of nitrogen functional groups attached to an aromatic ring is 1. The molecule has 0 unspecified atom stereocenters. The van der Waals surface area contributed by atoms with Crippen molar-refractivity contribution in [3.05, 3.63) is 30.2 Å². The smallest absolute Gasteiger partial charge is 0.233 e. The number of anilines is 1. The number of hydrogen-bond acceptors (Lipinski definition) is 4. The van der Waals surface area contributed by atoms with Gasteiger partial charge in [0.2, 0.25) is 11.7 Å². The highest BCUT2D eigenvalue weighted by Gasteiger charge is 2.26. The normalized spacial score (nSPS) is 11.7. The zero-order valence-electron chi connectivity index (χ0n) is 9.77. The average molecular weight is 252 g/mol. The molecule has 0 atom stereocenters. The molecule has 0 saturated carbocycles. The summed E-state index contributed by atoms with van der Waals surface area (Å²) in [6.07, 6.45) is 0. The lowest BCUT2D eigenvalue weighted by molar-refractivity contribution is 0.323. The molecule has 5 heteroatoms. The number of halogens is 1. The van der Waals surface area contributed by atoms with Crippen LogP contribution in [0.5, 0.6) is 0 Å². The Hall–Kier alpha value is -1.55. The van der Waals surface area contributed by atoms with E-state index in [2.05, 4.69) is 10.1 Å². The van der Waals surface area contributed by atoms with Gasteiger partial charge in [0, 0.05) is 17.1 Å². The van der Waals surface area contributed by atoms with E-state index >= 15 is 0 Å². The summed E-state index contributed by atoms with van der Waals surface area (Å²) in [6, 6.07) is 7.32. The topological polar surface area (TPSA) is 64.9 Å². The summed E-state index contributed by atoms with van der Waals surface area (Å²) >= 11 is 5.86. The minimum absolute atomic E-state index is 0.319. The van der Waals surface area contributed by atoms with Crippen molar-refractivity contribution in [1.29, 1.82) is 0 Å². The van der Waals surface area contributed by atoms with Crippen molar-refractivity contribution in [3.63, 3.8) is 0 Å². The van der Waals surface area contributed by atoms with Crippen LogP contribution in [0.3, 0.4) is 0 Å². The highest BCUT2D eigenvalue weighted by atomic mass is 35.5. The van der Waals surface area contributed by atoms with Gasteiger partial charge in [-0.2, -0.15) is 4.98 Å². The number of aromatic nitrogens is 2. The van der Waals surface area contributed by atoms with Crippen molar-refractivity contribution < 1.29 is 4.52 Å². The van der Waals surface area contributed by atoms with Gasteiger partial charge in [-0.15, -0.1) is 11.6 Å². The molecule has 4 nitrogen and oxygen atoms in total. The minimum atomic E-state index is -0.319. The summed E-state index contributed by atoms with van der Waals surface area (Å²) in [4.78, 5) is 4.35. The molecule has 1 heterocycles.